The average Bonchev–Trinajstić information content (AvgIpc) is 1.70. The number of nitrogens with one attached hydrogen (secondary N) is 5. The van der Waals surface area contributed by atoms with E-state index in [0.29, 0.717) is 169 Å². The smallest absolute Gasteiger partial charge is 0.393 e. The molecule has 138 heavy (non-hydrogen) atoms. The molecule has 0 saturated carbocycles. The molecule has 5 aliphatic heterocycles. The number of nitrogens with zero attached hydrogens (tertiary/aromatic N) is 20. The van der Waals surface area contributed by atoms with Crippen LogP contribution in [0.15, 0.2) is 152 Å². The first-order valence-electron chi connectivity index (χ1n) is 47.1. The third kappa shape index (κ3) is 22.7. The molecule has 0 spiro atoms. The molecule has 0 bridgehead atoms. The van der Waals surface area contributed by atoms with Crippen LogP contribution in [0.3, 0.4) is 0 Å². The van der Waals surface area contributed by atoms with Crippen molar-refractivity contribution in [2.75, 3.05) is 96.5 Å². The quantitative estimate of drug-likeness (QED) is 0.0336. The molecule has 0 amide bonds. The standard InChI is InChI=1S/2C21H24F3N5O.2C20H24FN5O.C17H19FN6.H2/c2*1-12(2)10-13-11-29(9-7-16(13)30)17-6-5-15(21(22,23)24)19(26-17)18-14-4-3-8-25-20(14)28-27-18;2*1-12(2)10-13-11-26(9-7-16(13)27)17-6-5-15(21)19(23-17)18-14-4-3-8-22-20(14)25-24-18;18-13-5-6-14(24-8-2-3-11(9-19)10-24)21-16(13)15-12-4-1-7-20-17(12)23-22-15;/h2*3-6,8,12-13,16,30H,7,9-11H2,1-2H3,(H,25,27,28);2*3-6,8,12-13,16,27H,7,9-11H2,1-2H3,(H,22,24,25);1,4-7,11H,2-3,8-10,19H2,(H,20,22,23);1H/t4*13-,16-;;/m1010../s1. The summed E-state index contributed by atoms with van der Waals surface area (Å²) in [6, 6.07) is 32.1. The van der Waals surface area contributed by atoms with Crippen molar-refractivity contribution >= 4 is 84.3 Å². The van der Waals surface area contributed by atoms with Gasteiger partial charge in [0.15, 0.2) is 45.7 Å². The van der Waals surface area contributed by atoms with Crippen LogP contribution in [0.5, 0.6) is 0 Å². The Kier molecular flexibility index (Phi) is 30.5. The van der Waals surface area contributed by atoms with Gasteiger partial charge in [0.25, 0.3) is 0 Å². The first-order valence-corrected chi connectivity index (χ1v) is 47.1. The van der Waals surface area contributed by atoms with E-state index in [0.717, 1.165) is 110 Å². The maximum atomic E-state index is 14.5. The van der Waals surface area contributed by atoms with Crippen LogP contribution in [0, 0.1) is 70.7 Å². The van der Waals surface area contributed by atoms with Crippen molar-refractivity contribution in [2.45, 2.75) is 156 Å². The predicted octanol–water partition coefficient (Wildman–Crippen LogP) is 17.9. The van der Waals surface area contributed by atoms with E-state index in [-0.39, 0.29) is 83.0 Å². The molecule has 0 radical (unpaired) electrons. The number of aliphatic hydroxyl groups is 4. The van der Waals surface area contributed by atoms with Gasteiger partial charge in [-0.25, -0.2) is 63.0 Å². The zero-order valence-electron chi connectivity index (χ0n) is 78.0. The normalized spacial score (nSPS) is 20.0. The van der Waals surface area contributed by atoms with E-state index in [1.165, 1.54) is 42.7 Å². The molecular weight excluding hydrogens is 1790 g/mol. The molecule has 20 heterocycles. The Morgan fingerprint density at radius 1 is 0.333 bits per heavy atom. The van der Waals surface area contributed by atoms with E-state index in [1.807, 2.05) is 28.0 Å². The van der Waals surface area contributed by atoms with Crippen LogP contribution in [0.2, 0.25) is 0 Å². The number of aromatic amines is 5. The minimum atomic E-state index is -4.56. The van der Waals surface area contributed by atoms with Crippen LogP contribution in [0.25, 0.3) is 112 Å². The molecule has 39 heteroatoms. The lowest BCUT2D eigenvalue weighted by atomic mass is 9.87. The second kappa shape index (κ2) is 43.0. The minimum Gasteiger partial charge on any atom is -0.393 e. The summed E-state index contributed by atoms with van der Waals surface area (Å²) < 4.78 is 126. The molecule has 5 aliphatic rings. The van der Waals surface area contributed by atoms with E-state index in [4.69, 9.17) is 5.73 Å². The highest BCUT2D eigenvalue weighted by Gasteiger charge is 2.41. The van der Waals surface area contributed by atoms with Crippen LogP contribution in [0.1, 0.15) is 132 Å². The molecular formula is C99H117F9N26O4. The third-order valence-electron chi connectivity index (χ3n) is 26.0. The van der Waals surface area contributed by atoms with E-state index in [2.05, 4.69) is 171 Å². The molecule has 5 saturated heterocycles. The van der Waals surface area contributed by atoms with E-state index >= 15 is 0 Å². The number of halogens is 9. The zero-order valence-corrected chi connectivity index (χ0v) is 78.0. The van der Waals surface area contributed by atoms with Crippen LogP contribution in [0.4, 0.5) is 68.6 Å². The molecule has 0 aliphatic carbocycles. The Bertz CT molecular complexity index is 6310. The molecule has 5 fully saturated rings. The van der Waals surface area contributed by atoms with E-state index in [9.17, 15) is 59.9 Å². The van der Waals surface area contributed by atoms with Crippen molar-refractivity contribution in [3.05, 3.63) is 181 Å². The molecule has 15 aromatic rings. The van der Waals surface area contributed by atoms with Crippen molar-refractivity contribution in [3.8, 4) is 56.9 Å². The first kappa shape index (κ1) is 98.1. The van der Waals surface area contributed by atoms with Gasteiger partial charge in [-0.05, 0) is 222 Å². The second-order valence-corrected chi connectivity index (χ2v) is 37.9. The fourth-order valence-electron chi connectivity index (χ4n) is 19.3. The fourth-order valence-corrected chi connectivity index (χ4v) is 19.3. The van der Waals surface area contributed by atoms with E-state index < -0.39 is 47.3 Å². The van der Waals surface area contributed by atoms with Gasteiger partial charge in [-0.2, -0.15) is 51.8 Å². The second-order valence-electron chi connectivity index (χ2n) is 37.9. The van der Waals surface area contributed by atoms with Crippen LogP contribution >= 0.6 is 0 Å². The molecule has 15 aromatic heterocycles. The molecule has 730 valence electrons. The monoisotopic (exact) mass is 1900 g/mol. The Morgan fingerprint density at radius 3 is 0.819 bits per heavy atom. The van der Waals surface area contributed by atoms with E-state index in [1.54, 1.807) is 79.3 Å². The van der Waals surface area contributed by atoms with Crippen LogP contribution in [-0.4, -0.2) is 218 Å². The Hall–Kier alpha value is -13.0. The largest absolute Gasteiger partial charge is 0.418 e. The lowest BCUT2D eigenvalue weighted by molar-refractivity contribution is -0.138. The number of H-pyrrole nitrogens is 5. The summed E-state index contributed by atoms with van der Waals surface area (Å²) in [6.45, 7) is 24.5. The number of rotatable bonds is 19. The summed E-state index contributed by atoms with van der Waals surface area (Å²) in [5.74, 6) is 4.83. The van der Waals surface area contributed by atoms with Gasteiger partial charge in [0, 0.05) is 148 Å². The maximum Gasteiger partial charge on any atom is 0.418 e. The molecule has 9 atom stereocenters. The van der Waals surface area contributed by atoms with Gasteiger partial charge in [-0.15, -0.1) is 0 Å². The van der Waals surface area contributed by atoms with Crippen molar-refractivity contribution in [2.24, 2.45) is 59.0 Å². The highest BCUT2D eigenvalue weighted by Crippen LogP contribution is 2.44. The number of aromatic nitrogens is 20. The summed E-state index contributed by atoms with van der Waals surface area (Å²) >= 11 is 0. The molecule has 0 aromatic carbocycles. The highest BCUT2D eigenvalue weighted by molar-refractivity contribution is 5.94. The summed E-state index contributed by atoms with van der Waals surface area (Å²) in [5, 5.41) is 79.0. The topological polar surface area (TPSA) is 395 Å². The predicted molar refractivity (Wildman–Crippen MR) is 515 cm³/mol. The summed E-state index contributed by atoms with van der Waals surface area (Å²) in [7, 11) is 0. The van der Waals surface area contributed by atoms with Gasteiger partial charge in [-0.1, -0.05) is 55.4 Å². The van der Waals surface area contributed by atoms with Gasteiger partial charge in [-0.3, -0.25) is 25.5 Å². The maximum absolute atomic E-state index is 14.5. The van der Waals surface area contributed by atoms with Crippen molar-refractivity contribution in [1.29, 1.82) is 0 Å². The number of hydrogen-bond acceptors (Lipinski definition) is 25. The van der Waals surface area contributed by atoms with Crippen molar-refractivity contribution in [3.63, 3.8) is 0 Å². The lowest BCUT2D eigenvalue weighted by Gasteiger charge is -2.38. The number of alkyl halides is 6. The molecule has 1 unspecified atom stereocenters. The van der Waals surface area contributed by atoms with Gasteiger partial charge in [0.2, 0.25) is 0 Å². The van der Waals surface area contributed by atoms with Gasteiger partial charge in [0.1, 0.15) is 57.6 Å². The number of anilines is 5. The lowest BCUT2D eigenvalue weighted by Crippen LogP contribution is -2.44. The Morgan fingerprint density at radius 2 is 0.572 bits per heavy atom. The van der Waals surface area contributed by atoms with Gasteiger partial charge in [0.05, 0.1) is 64.0 Å². The van der Waals surface area contributed by atoms with Crippen LogP contribution in [-0.2, 0) is 12.4 Å². The van der Waals surface area contributed by atoms with Crippen molar-refractivity contribution in [1.82, 2.24) is 101 Å². The van der Waals surface area contributed by atoms with Crippen molar-refractivity contribution < 1.29 is 61.4 Å². The molecule has 20 rings (SSSR count). The molecule has 11 N–H and O–H groups in total. The summed E-state index contributed by atoms with van der Waals surface area (Å²) in [4.78, 5) is 53.7. The number of pyridine rings is 10. The Balaban J connectivity index is 0.000000132. The number of aliphatic hydroxyl groups excluding tert-OH is 4. The van der Waals surface area contributed by atoms with Gasteiger partial charge < -0.3 is 50.7 Å². The highest BCUT2D eigenvalue weighted by atomic mass is 19.4. The minimum absolute atomic E-state index is 0. The average molecular weight is 1910 g/mol. The fraction of sp³-hybridized carbons (Fsp3) is 0.444. The van der Waals surface area contributed by atoms with Crippen LogP contribution < -0.4 is 30.2 Å². The number of nitrogens with two attached hydrogens (primary N) is 1. The summed E-state index contributed by atoms with van der Waals surface area (Å²) in [6.07, 6.45) is 5.90. The number of fused-ring (bicyclic) bond motifs is 5. The SMILES string of the molecule is CC(C)C[C@@H]1CN(c2ccc(C(F)(F)F)c(-c3[nH]nc4ncccc34)n2)CC[C@H]1O.CC(C)C[C@@H]1CN(c2ccc(F)c(-c3[nH]nc4ncccc34)n2)CC[C@H]1O.CC(C)C[C@H]1CN(c2ccc(C(F)(F)F)c(-c3[nH]nc4ncccc34)n2)CC[C@@H]1O.CC(C)C[C@H]1CN(c2ccc(F)c(-c3[nH]nc4ncccc34)n2)CC[C@@H]1O.NCC1CCCN(c2ccc(F)c(-c3[nH]nc4ncccc34)n2)C1.[HH]. The first-order chi connectivity index (χ1) is 66.3. The third-order valence-corrected chi connectivity index (χ3v) is 26.0. The van der Waals surface area contributed by atoms with Gasteiger partial charge >= 0.3 is 12.4 Å². The number of hydrogen-bond donors (Lipinski definition) is 10. The number of piperidine rings is 5. The molecule has 30 nitrogen and oxygen atoms in total. The summed E-state index contributed by atoms with van der Waals surface area (Å²) in [5.41, 5.74) is 8.88. The zero-order chi connectivity index (χ0) is 97.4. The Labute approximate surface area is 792 Å².